The van der Waals surface area contributed by atoms with Gasteiger partial charge >= 0.3 is 6.36 Å². The molecule has 8 nitrogen and oxygen atoms in total. The van der Waals surface area contributed by atoms with Crippen LogP contribution in [0.3, 0.4) is 0 Å². The van der Waals surface area contributed by atoms with Crippen molar-refractivity contribution in [2.24, 2.45) is 0 Å². The average molecular weight is 404 g/mol. The van der Waals surface area contributed by atoms with E-state index in [1.165, 1.54) is 12.4 Å². The molecule has 1 saturated heterocycles. The van der Waals surface area contributed by atoms with Crippen molar-refractivity contribution in [2.45, 2.75) is 11.3 Å². The Morgan fingerprint density at radius 3 is 2.22 bits per heavy atom. The number of anilines is 2. The minimum absolute atomic E-state index is 0.127. The van der Waals surface area contributed by atoms with E-state index < -0.39 is 22.1 Å². The van der Waals surface area contributed by atoms with Gasteiger partial charge < -0.3 is 14.4 Å². The van der Waals surface area contributed by atoms with Gasteiger partial charge in [-0.05, 0) is 24.3 Å². The molecular formula is C15H15F3N4O4S. The van der Waals surface area contributed by atoms with Gasteiger partial charge in [0, 0.05) is 13.1 Å². The van der Waals surface area contributed by atoms with Crippen LogP contribution in [0.5, 0.6) is 5.75 Å². The normalized spacial score (nSPS) is 15.4. The molecule has 0 aliphatic carbocycles. The third-order valence-electron chi connectivity index (χ3n) is 3.55. The summed E-state index contributed by atoms with van der Waals surface area (Å²) in [6.45, 7) is 2.40. The minimum Gasteiger partial charge on any atom is -0.406 e. The lowest BCUT2D eigenvalue weighted by Crippen LogP contribution is -2.37. The van der Waals surface area contributed by atoms with Crippen LogP contribution in [0.4, 0.5) is 24.8 Å². The van der Waals surface area contributed by atoms with Crippen LogP contribution in [-0.4, -0.2) is 51.1 Å². The fourth-order valence-electron chi connectivity index (χ4n) is 2.34. The SMILES string of the molecule is O=S(=O)(Nc1cnc(N2CCOCC2)nc1)c1ccc(OC(F)(F)F)cc1. The van der Waals surface area contributed by atoms with Gasteiger partial charge in [-0.25, -0.2) is 18.4 Å². The second-order valence-electron chi connectivity index (χ2n) is 5.50. The largest absolute Gasteiger partial charge is 0.573 e. The summed E-state index contributed by atoms with van der Waals surface area (Å²) in [7, 11) is -4.01. The summed E-state index contributed by atoms with van der Waals surface area (Å²) in [5, 5.41) is 0. The Morgan fingerprint density at radius 2 is 1.67 bits per heavy atom. The van der Waals surface area contributed by atoms with Crippen molar-refractivity contribution in [1.29, 1.82) is 0 Å². The van der Waals surface area contributed by atoms with Crippen molar-refractivity contribution < 1.29 is 31.1 Å². The average Bonchev–Trinajstić information content (AvgIpc) is 2.62. The van der Waals surface area contributed by atoms with E-state index in [9.17, 15) is 21.6 Å². The number of morpholine rings is 1. The summed E-state index contributed by atoms with van der Waals surface area (Å²) >= 11 is 0. The molecule has 0 bridgehead atoms. The Hall–Kier alpha value is -2.60. The van der Waals surface area contributed by atoms with Crippen LogP contribution in [0.25, 0.3) is 0 Å². The molecule has 0 amide bonds. The fourth-order valence-corrected chi connectivity index (χ4v) is 3.36. The van der Waals surface area contributed by atoms with Gasteiger partial charge in [0.25, 0.3) is 10.0 Å². The van der Waals surface area contributed by atoms with Crippen LogP contribution in [0.2, 0.25) is 0 Å². The van der Waals surface area contributed by atoms with E-state index in [1.807, 2.05) is 4.90 Å². The van der Waals surface area contributed by atoms with Gasteiger partial charge in [0.1, 0.15) is 5.75 Å². The molecule has 1 N–H and O–H groups in total. The third-order valence-corrected chi connectivity index (χ3v) is 4.95. The maximum Gasteiger partial charge on any atom is 0.573 e. The molecule has 1 aliphatic heterocycles. The number of rotatable bonds is 5. The lowest BCUT2D eigenvalue weighted by molar-refractivity contribution is -0.274. The van der Waals surface area contributed by atoms with Gasteiger partial charge in [-0.3, -0.25) is 4.72 Å². The number of halogens is 3. The number of nitrogens with zero attached hydrogens (tertiary/aromatic N) is 3. The molecule has 2 aromatic rings. The molecule has 1 fully saturated rings. The van der Waals surface area contributed by atoms with Crippen molar-refractivity contribution in [2.75, 3.05) is 35.9 Å². The molecule has 0 atom stereocenters. The van der Waals surface area contributed by atoms with E-state index >= 15 is 0 Å². The maximum atomic E-state index is 12.3. The predicted molar refractivity (Wildman–Crippen MR) is 89.0 cm³/mol. The number of alkyl halides is 3. The molecular weight excluding hydrogens is 389 g/mol. The van der Waals surface area contributed by atoms with Crippen LogP contribution in [0.1, 0.15) is 0 Å². The Labute approximate surface area is 153 Å². The number of benzene rings is 1. The van der Waals surface area contributed by atoms with Gasteiger partial charge in [-0.1, -0.05) is 0 Å². The molecule has 3 rings (SSSR count). The molecule has 1 aliphatic rings. The first kappa shape index (κ1) is 19.2. The van der Waals surface area contributed by atoms with Gasteiger partial charge in [0.05, 0.1) is 36.2 Å². The second-order valence-corrected chi connectivity index (χ2v) is 7.18. The summed E-state index contributed by atoms with van der Waals surface area (Å²) in [5.74, 6) is -0.0606. The smallest absolute Gasteiger partial charge is 0.406 e. The molecule has 0 radical (unpaired) electrons. The predicted octanol–water partition coefficient (Wildman–Crippen LogP) is 2.01. The van der Waals surface area contributed by atoms with Gasteiger partial charge in [0.15, 0.2) is 0 Å². The monoisotopic (exact) mass is 404 g/mol. The fraction of sp³-hybridized carbons (Fsp3) is 0.333. The number of ether oxygens (including phenoxy) is 2. The highest BCUT2D eigenvalue weighted by molar-refractivity contribution is 7.92. The number of aromatic nitrogens is 2. The van der Waals surface area contributed by atoms with Crippen molar-refractivity contribution in [1.82, 2.24) is 9.97 Å². The quantitative estimate of drug-likeness (QED) is 0.815. The zero-order chi connectivity index (χ0) is 19.5. The molecule has 1 aromatic heterocycles. The summed E-state index contributed by atoms with van der Waals surface area (Å²) < 4.78 is 72.3. The van der Waals surface area contributed by atoms with E-state index in [4.69, 9.17) is 4.74 Å². The first-order valence-corrected chi connectivity index (χ1v) is 9.25. The third kappa shape index (κ3) is 5.20. The summed E-state index contributed by atoms with van der Waals surface area (Å²) in [6.07, 6.45) is -2.22. The molecule has 0 saturated carbocycles. The minimum atomic E-state index is -4.85. The van der Waals surface area contributed by atoms with Crippen LogP contribution >= 0.6 is 0 Å². The van der Waals surface area contributed by atoms with Gasteiger partial charge in [-0.2, -0.15) is 0 Å². The number of sulfonamides is 1. The van der Waals surface area contributed by atoms with Gasteiger partial charge in [-0.15, -0.1) is 13.2 Å². The highest BCUT2D eigenvalue weighted by Gasteiger charge is 2.31. The second kappa shape index (κ2) is 7.56. The van der Waals surface area contributed by atoms with Crippen molar-refractivity contribution >= 4 is 21.7 Å². The summed E-state index contributed by atoms with van der Waals surface area (Å²) in [6, 6.07) is 3.85. The standard InChI is InChI=1S/C15H15F3N4O4S/c16-15(17,18)26-12-1-3-13(4-2-12)27(23,24)21-11-9-19-14(20-10-11)22-5-7-25-8-6-22/h1-4,9-10,21H,5-8H2. The highest BCUT2D eigenvalue weighted by atomic mass is 32.2. The number of hydrogen-bond acceptors (Lipinski definition) is 7. The molecule has 1 aromatic carbocycles. The van der Waals surface area contributed by atoms with E-state index in [2.05, 4.69) is 19.4 Å². The Balaban J connectivity index is 1.68. The topological polar surface area (TPSA) is 93.7 Å². The maximum absolute atomic E-state index is 12.3. The summed E-state index contributed by atoms with van der Waals surface area (Å²) in [5.41, 5.74) is 0.127. The van der Waals surface area contributed by atoms with Crippen molar-refractivity contribution in [3.8, 4) is 5.75 Å². The molecule has 0 unspecified atom stereocenters. The summed E-state index contributed by atoms with van der Waals surface area (Å²) in [4.78, 5) is 9.92. The van der Waals surface area contributed by atoms with Crippen LogP contribution < -0.4 is 14.4 Å². The molecule has 27 heavy (non-hydrogen) atoms. The van der Waals surface area contributed by atoms with Crippen molar-refractivity contribution in [3.05, 3.63) is 36.7 Å². The molecule has 0 spiro atoms. The Morgan fingerprint density at radius 1 is 1.07 bits per heavy atom. The van der Waals surface area contributed by atoms with E-state index in [1.54, 1.807) is 0 Å². The van der Waals surface area contributed by atoms with Crippen LogP contribution in [-0.2, 0) is 14.8 Å². The van der Waals surface area contributed by atoms with Gasteiger partial charge in [0.2, 0.25) is 5.95 Å². The zero-order valence-corrected chi connectivity index (χ0v) is 14.6. The molecule has 2 heterocycles. The van der Waals surface area contributed by atoms with E-state index in [-0.39, 0.29) is 10.6 Å². The Bertz CT molecular complexity index is 867. The number of nitrogens with one attached hydrogen (secondary N) is 1. The van der Waals surface area contributed by atoms with Crippen molar-refractivity contribution in [3.63, 3.8) is 0 Å². The van der Waals surface area contributed by atoms with Crippen LogP contribution in [0.15, 0.2) is 41.6 Å². The Kier molecular flexibility index (Phi) is 5.37. The molecule has 12 heteroatoms. The first-order chi connectivity index (χ1) is 12.7. The van der Waals surface area contributed by atoms with E-state index in [0.29, 0.717) is 32.3 Å². The van der Waals surface area contributed by atoms with E-state index in [0.717, 1.165) is 24.3 Å². The zero-order valence-electron chi connectivity index (χ0n) is 13.8. The highest BCUT2D eigenvalue weighted by Crippen LogP contribution is 2.24. The molecule has 146 valence electrons. The lowest BCUT2D eigenvalue weighted by atomic mass is 10.3. The first-order valence-electron chi connectivity index (χ1n) is 7.76. The van der Waals surface area contributed by atoms with Crippen LogP contribution in [0, 0.1) is 0 Å². The number of hydrogen-bond donors (Lipinski definition) is 1. The lowest BCUT2D eigenvalue weighted by Gasteiger charge is -2.26.